The summed E-state index contributed by atoms with van der Waals surface area (Å²) in [4.78, 5) is 60.7. The molecule has 1 unspecified atom stereocenters. The van der Waals surface area contributed by atoms with Gasteiger partial charge in [-0.2, -0.15) is 0 Å². The largest absolute Gasteiger partial charge is 0.488 e. The fourth-order valence-electron chi connectivity index (χ4n) is 9.93. The van der Waals surface area contributed by atoms with Crippen molar-refractivity contribution in [2.24, 2.45) is 0 Å². The van der Waals surface area contributed by atoms with Gasteiger partial charge in [-0.25, -0.2) is 19.6 Å². The van der Waals surface area contributed by atoms with Crippen LogP contribution in [0.3, 0.4) is 0 Å². The van der Waals surface area contributed by atoms with E-state index in [0.717, 1.165) is 69.6 Å². The predicted molar refractivity (Wildman–Crippen MR) is 269 cm³/mol. The minimum absolute atomic E-state index is 0.232. The number of nitrogens with zero attached hydrogens (tertiary/aromatic N) is 4. The number of rotatable bonds is 13. The molecule has 0 aliphatic carbocycles. The molecule has 4 aliphatic rings. The van der Waals surface area contributed by atoms with E-state index in [2.05, 4.69) is 39.3 Å². The van der Waals surface area contributed by atoms with Crippen molar-refractivity contribution in [1.82, 2.24) is 40.4 Å². The second-order valence-corrected chi connectivity index (χ2v) is 20.5. The molecule has 3 aromatic carbocycles. The van der Waals surface area contributed by atoms with Crippen molar-refractivity contribution >= 4 is 18.1 Å². The second-order valence-electron chi connectivity index (χ2n) is 20.5. The Balaban J connectivity index is 0.923. The molecular weight excluding hydrogens is 901 g/mol. The minimum atomic E-state index is -1.06. The maximum Gasteiger partial charge on any atom is 0.408 e. The van der Waals surface area contributed by atoms with E-state index in [9.17, 15) is 19.5 Å². The number of benzene rings is 3. The van der Waals surface area contributed by atoms with Crippen molar-refractivity contribution in [2.75, 3.05) is 13.1 Å². The molecule has 0 spiro atoms. The molecule has 5 aromatic rings. The van der Waals surface area contributed by atoms with E-state index in [4.69, 9.17) is 28.9 Å². The zero-order valence-corrected chi connectivity index (χ0v) is 41.5. The van der Waals surface area contributed by atoms with Crippen LogP contribution in [0, 0.1) is 0 Å². The number of aliphatic hydroxyl groups excluding tert-OH is 1. The normalized spacial score (nSPS) is 18.9. The van der Waals surface area contributed by atoms with Crippen molar-refractivity contribution < 1.29 is 38.4 Å². The molecule has 4 aliphatic heterocycles. The van der Waals surface area contributed by atoms with E-state index in [0.29, 0.717) is 61.4 Å². The van der Waals surface area contributed by atoms with Gasteiger partial charge in [0.25, 0.3) is 5.91 Å². The summed E-state index contributed by atoms with van der Waals surface area (Å²) in [6.07, 6.45) is 11.5. The highest BCUT2D eigenvalue weighted by molar-refractivity contribution is 5.90. The number of aromatic amines is 2. The van der Waals surface area contributed by atoms with E-state index >= 15 is 0 Å². The van der Waals surface area contributed by atoms with Gasteiger partial charge in [0.1, 0.15) is 59.8 Å². The first-order chi connectivity index (χ1) is 33.9. The third-order valence-electron chi connectivity index (χ3n) is 13.0. The van der Waals surface area contributed by atoms with Crippen LogP contribution in [0.5, 0.6) is 11.5 Å². The number of carbonyl (C=O) groups is 3. The number of hydrogen-bond acceptors (Lipinski definition) is 11. The number of aromatic nitrogens is 4. The lowest BCUT2D eigenvalue weighted by Crippen LogP contribution is -2.50. The van der Waals surface area contributed by atoms with Crippen LogP contribution in [0.4, 0.5) is 9.59 Å². The molecule has 2 fully saturated rings. The second kappa shape index (κ2) is 19.9. The number of H-pyrrole nitrogens is 2. The molecule has 71 heavy (non-hydrogen) atoms. The average molecular weight is 965 g/mol. The van der Waals surface area contributed by atoms with Gasteiger partial charge >= 0.3 is 12.2 Å². The molecule has 372 valence electrons. The van der Waals surface area contributed by atoms with Crippen LogP contribution >= 0.6 is 0 Å². The first kappa shape index (κ1) is 48.8. The lowest BCUT2D eigenvalue weighted by Gasteiger charge is -2.35. The average Bonchev–Trinajstić information content (AvgIpc) is 4.18. The molecule has 9 rings (SSSR count). The van der Waals surface area contributed by atoms with Crippen LogP contribution in [0.2, 0.25) is 0 Å². The van der Waals surface area contributed by atoms with Crippen molar-refractivity contribution in [3.8, 4) is 45.1 Å². The molecule has 2 saturated heterocycles. The van der Waals surface area contributed by atoms with Gasteiger partial charge in [-0.1, -0.05) is 61.2 Å². The number of amides is 3. The Labute approximate surface area is 414 Å². The first-order valence-electron chi connectivity index (χ1n) is 24.4. The summed E-state index contributed by atoms with van der Waals surface area (Å²) in [6, 6.07) is 15.4. The van der Waals surface area contributed by atoms with Gasteiger partial charge < -0.3 is 49.6 Å². The summed E-state index contributed by atoms with van der Waals surface area (Å²) in [5.74, 6) is 2.49. The number of likely N-dealkylation sites (tertiary alicyclic amines) is 2. The van der Waals surface area contributed by atoms with Gasteiger partial charge in [0, 0.05) is 29.8 Å². The number of carbonyl (C=O) groups excluding carboxylic acids is 3. The molecule has 2 aromatic heterocycles. The molecule has 0 bridgehead atoms. The topological polar surface area (TPSA) is 196 Å². The fraction of sp³-hybridized carbons (Fsp3) is 0.400. The zero-order chi connectivity index (χ0) is 50.2. The highest BCUT2D eigenvalue weighted by Gasteiger charge is 2.40. The molecular formula is C55H64N8O8. The quantitative estimate of drug-likeness (QED) is 0.0705. The molecule has 0 radical (unpaired) electrons. The zero-order valence-electron chi connectivity index (χ0n) is 41.5. The van der Waals surface area contributed by atoms with Crippen molar-refractivity contribution in [3.63, 3.8) is 0 Å². The molecule has 16 heteroatoms. The van der Waals surface area contributed by atoms with E-state index in [1.54, 1.807) is 71.0 Å². The third kappa shape index (κ3) is 10.6. The standard InChI is InChI=1S/C55H64N8O8/c1-9-10-12-17-32(2)46(60-52(66)70-54(3,4)5)50(64)62-22-15-20-40(62)48-56-28-38(58-48)34-24-36-30-68-42-26-35(27-43-45(42)44(36)37(25-34)31-69-43)39-29-57-49(59-39)41-21-16-23-63(41)51(65)47(33-18-13-11-14-19-33)61-53(67)71-55(6,7)8/h9-14,17-19,24-29,40-41,46-47,51,65H,2,15-16,20-23,30-31H2,1,3-8H3,(H,56,58)(H,57,59)(H,60,66)(H,61,67)/b10-9-,17-12-/t40-,41-,46+,47+,51?/m0/s1. The molecule has 6 heterocycles. The molecule has 5 atom stereocenters. The molecule has 3 amide bonds. The number of imidazole rings is 2. The van der Waals surface area contributed by atoms with Gasteiger partial charge in [0.2, 0.25) is 0 Å². The van der Waals surface area contributed by atoms with Crippen molar-refractivity contribution in [1.29, 1.82) is 0 Å². The maximum absolute atomic E-state index is 14.3. The van der Waals surface area contributed by atoms with Gasteiger partial charge in [-0.15, -0.1) is 0 Å². The highest BCUT2D eigenvalue weighted by atomic mass is 16.6. The first-order valence-corrected chi connectivity index (χ1v) is 24.4. The third-order valence-corrected chi connectivity index (χ3v) is 13.0. The van der Waals surface area contributed by atoms with Crippen LogP contribution in [0.15, 0.2) is 103 Å². The number of alkyl carbamates (subject to hydrolysis) is 2. The number of aliphatic hydroxyl groups is 1. The Bertz CT molecular complexity index is 2820. The summed E-state index contributed by atoms with van der Waals surface area (Å²) >= 11 is 0. The predicted octanol–water partition coefficient (Wildman–Crippen LogP) is 9.89. The summed E-state index contributed by atoms with van der Waals surface area (Å²) in [5, 5.41) is 17.6. The molecule has 16 nitrogen and oxygen atoms in total. The van der Waals surface area contributed by atoms with Crippen molar-refractivity contribution in [2.45, 2.75) is 129 Å². The van der Waals surface area contributed by atoms with Crippen LogP contribution < -0.4 is 20.1 Å². The fourth-order valence-corrected chi connectivity index (χ4v) is 9.93. The van der Waals surface area contributed by atoms with Crippen molar-refractivity contribution in [3.05, 3.63) is 132 Å². The summed E-state index contributed by atoms with van der Waals surface area (Å²) in [7, 11) is 0. The lowest BCUT2D eigenvalue weighted by atomic mass is 9.87. The maximum atomic E-state index is 14.3. The van der Waals surface area contributed by atoms with E-state index in [1.165, 1.54) is 0 Å². The van der Waals surface area contributed by atoms with E-state index in [-0.39, 0.29) is 18.0 Å². The summed E-state index contributed by atoms with van der Waals surface area (Å²) in [5.41, 5.74) is 7.14. The summed E-state index contributed by atoms with van der Waals surface area (Å²) in [6.45, 7) is 18.6. The van der Waals surface area contributed by atoms with Crippen LogP contribution in [-0.2, 0) is 27.5 Å². The van der Waals surface area contributed by atoms with Crippen LogP contribution in [-0.4, -0.2) is 89.5 Å². The lowest BCUT2D eigenvalue weighted by molar-refractivity contribution is -0.133. The SMILES string of the molecule is C=C(/C=C\C=C/C)[C@@H](NC(=O)OC(C)(C)C)C(=O)N1CCC[C@H]1c1ncc(-c2cc3c4c(c2)COc2cc(-c5cnc([C@@H]6CCCN6C(O)[C@H](NC(=O)OC(C)(C)C)c6ccccc6)[nH]5)cc(c2-4)OC3)[nH]1. The Morgan fingerprint density at radius 3 is 1.96 bits per heavy atom. The molecule has 5 N–H and O–H groups in total. The van der Waals surface area contributed by atoms with E-state index in [1.807, 2.05) is 66.4 Å². The number of ether oxygens (including phenoxy) is 4. The number of nitrogens with one attached hydrogen (secondary N) is 4. The Morgan fingerprint density at radius 2 is 1.35 bits per heavy atom. The highest BCUT2D eigenvalue weighted by Crippen LogP contribution is 2.51. The Morgan fingerprint density at radius 1 is 0.789 bits per heavy atom. The van der Waals surface area contributed by atoms with Crippen LogP contribution in [0.1, 0.15) is 121 Å². The summed E-state index contributed by atoms with van der Waals surface area (Å²) < 4.78 is 24.1. The minimum Gasteiger partial charge on any atom is -0.488 e. The van der Waals surface area contributed by atoms with Gasteiger partial charge in [-0.05, 0) is 121 Å². The number of allylic oxidation sites excluding steroid dienone is 3. The van der Waals surface area contributed by atoms with Gasteiger partial charge in [0.05, 0.1) is 47.5 Å². The van der Waals surface area contributed by atoms with Crippen LogP contribution in [0.25, 0.3) is 33.6 Å². The monoisotopic (exact) mass is 964 g/mol. The Kier molecular flexibility index (Phi) is 13.7. The number of hydrogen-bond donors (Lipinski definition) is 5. The smallest absolute Gasteiger partial charge is 0.408 e. The van der Waals surface area contributed by atoms with Gasteiger partial charge in [-0.3, -0.25) is 9.69 Å². The Hall–Kier alpha value is -7.17. The van der Waals surface area contributed by atoms with Gasteiger partial charge in [0.15, 0.2) is 0 Å². The van der Waals surface area contributed by atoms with E-state index < -0.39 is 41.7 Å². The molecule has 0 saturated carbocycles.